The van der Waals surface area contributed by atoms with Gasteiger partial charge in [-0.1, -0.05) is 0 Å². The van der Waals surface area contributed by atoms with Crippen molar-refractivity contribution in [3.8, 4) is 0 Å². The molecule has 0 saturated heterocycles. The Hall–Kier alpha value is -1.23. The monoisotopic (exact) mass is 350 g/mol. The van der Waals surface area contributed by atoms with Crippen molar-refractivity contribution in [2.24, 2.45) is 0 Å². The maximum atomic E-state index is 12.1. The normalized spacial score (nSPS) is 24.5. The van der Waals surface area contributed by atoms with E-state index < -0.39 is 52.0 Å². The molecule has 140 valence electrons. The first-order valence-electron chi connectivity index (χ1n) is 7.26. The highest BCUT2D eigenvalue weighted by molar-refractivity contribution is 6.02. The van der Waals surface area contributed by atoms with Crippen LogP contribution in [0, 0.1) is 0 Å². The lowest BCUT2D eigenvalue weighted by Crippen LogP contribution is -2.81. The highest BCUT2D eigenvalue weighted by atomic mass is 16.4. The van der Waals surface area contributed by atoms with Crippen LogP contribution in [0.4, 0.5) is 0 Å². The predicted octanol–water partition coefficient (Wildman–Crippen LogP) is -2.54. The summed E-state index contributed by atoms with van der Waals surface area (Å²) in [5.74, 6) is -4.02. The van der Waals surface area contributed by atoms with Crippen molar-refractivity contribution in [2.75, 3.05) is 0 Å². The zero-order valence-electron chi connectivity index (χ0n) is 14.6. The summed E-state index contributed by atoms with van der Waals surface area (Å²) in [4.78, 5) is 36.0. The molecular formula is C15H26O9. The van der Waals surface area contributed by atoms with Crippen molar-refractivity contribution in [3.63, 3.8) is 0 Å². The molecule has 0 bridgehead atoms. The molecule has 9 heteroatoms. The zero-order valence-corrected chi connectivity index (χ0v) is 14.6. The molecular weight excluding hydrogens is 324 g/mol. The quantitative estimate of drug-likeness (QED) is 0.276. The smallest absolute Gasteiger partial charge is 0.195 e. The van der Waals surface area contributed by atoms with E-state index in [9.17, 15) is 45.0 Å². The number of rotatable bonds is 8. The Kier molecular flexibility index (Phi) is 6.25. The van der Waals surface area contributed by atoms with E-state index in [0.29, 0.717) is 20.8 Å². The molecule has 0 rings (SSSR count). The van der Waals surface area contributed by atoms with Crippen LogP contribution in [0.1, 0.15) is 41.5 Å². The van der Waals surface area contributed by atoms with E-state index in [1.54, 1.807) is 0 Å². The summed E-state index contributed by atoms with van der Waals surface area (Å²) in [7, 11) is 0. The molecule has 0 aliphatic heterocycles. The number of ketones is 3. The fourth-order valence-electron chi connectivity index (χ4n) is 3.06. The molecule has 0 heterocycles. The van der Waals surface area contributed by atoms with Crippen molar-refractivity contribution >= 4 is 17.3 Å². The van der Waals surface area contributed by atoms with Gasteiger partial charge in [0.05, 0.1) is 6.10 Å². The van der Waals surface area contributed by atoms with Gasteiger partial charge in [-0.3, -0.25) is 14.4 Å². The Morgan fingerprint density at radius 3 is 1.42 bits per heavy atom. The van der Waals surface area contributed by atoms with Crippen molar-refractivity contribution in [1.29, 1.82) is 0 Å². The maximum Gasteiger partial charge on any atom is 0.195 e. The standard InChI is InChI=1S/C15H26O9/c1-7(16)11(20)12(5,21)15(24,10(4)19)13(6,22)14(23,8(2)17)9(3)18/h7-8,16-17,21-24H,1-6H3/t7?,8?,12-,13+,14-,15+/m0/s1. The van der Waals surface area contributed by atoms with E-state index in [-0.39, 0.29) is 0 Å². The number of hydrogen-bond donors (Lipinski definition) is 6. The third-order valence-corrected chi connectivity index (χ3v) is 4.66. The molecule has 0 fully saturated rings. The molecule has 0 aromatic heterocycles. The lowest BCUT2D eigenvalue weighted by atomic mass is 9.59. The molecule has 0 aliphatic rings. The van der Waals surface area contributed by atoms with Crippen LogP contribution in [0.2, 0.25) is 0 Å². The van der Waals surface area contributed by atoms with Gasteiger partial charge in [-0.25, -0.2) is 0 Å². The van der Waals surface area contributed by atoms with E-state index in [4.69, 9.17) is 0 Å². The maximum absolute atomic E-state index is 12.1. The van der Waals surface area contributed by atoms with Crippen molar-refractivity contribution < 1.29 is 45.0 Å². The number of carbonyl (C=O) groups excluding carboxylic acids is 3. The van der Waals surface area contributed by atoms with Gasteiger partial charge < -0.3 is 30.6 Å². The van der Waals surface area contributed by atoms with Gasteiger partial charge >= 0.3 is 0 Å². The van der Waals surface area contributed by atoms with E-state index >= 15 is 0 Å². The van der Waals surface area contributed by atoms with Crippen LogP contribution in [-0.2, 0) is 14.4 Å². The van der Waals surface area contributed by atoms with Gasteiger partial charge in [-0.05, 0) is 41.5 Å². The minimum atomic E-state index is -3.43. The molecule has 9 nitrogen and oxygen atoms in total. The van der Waals surface area contributed by atoms with Gasteiger partial charge in [0.2, 0.25) is 0 Å². The lowest BCUT2D eigenvalue weighted by Gasteiger charge is -2.53. The van der Waals surface area contributed by atoms with Crippen LogP contribution >= 0.6 is 0 Å². The fourth-order valence-corrected chi connectivity index (χ4v) is 3.06. The summed E-state index contributed by atoms with van der Waals surface area (Å²) in [5.41, 5.74) is -12.8. The van der Waals surface area contributed by atoms with Crippen LogP contribution in [0.15, 0.2) is 0 Å². The Balaban J connectivity index is 6.79. The van der Waals surface area contributed by atoms with E-state index in [2.05, 4.69) is 0 Å². The molecule has 2 unspecified atom stereocenters. The first-order valence-corrected chi connectivity index (χ1v) is 7.26. The number of carbonyl (C=O) groups is 3. The Morgan fingerprint density at radius 2 is 1.21 bits per heavy atom. The highest BCUT2D eigenvalue weighted by Crippen LogP contribution is 2.43. The summed E-state index contributed by atoms with van der Waals surface area (Å²) >= 11 is 0. The van der Waals surface area contributed by atoms with Gasteiger partial charge in [0.25, 0.3) is 0 Å². The van der Waals surface area contributed by atoms with Gasteiger partial charge in [-0.15, -0.1) is 0 Å². The van der Waals surface area contributed by atoms with Crippen LogP contribution < -0.4 is 0 Å². The molecule has 0 aromatic rings. The van der Waals surface area contributed by atoms with Crippen LogP contribution in [0.25, 0.3) is 0 Å². The summed E-state index contributed by atoms with van der Waals surface area (Å²) in [6.45, 7) is 4.65. The summed E-state index contributed by atoms with van der Waals surface area (Å²) in [5, 5.41) is 61.7. The van der Waals surface area contributed by atoms with Crippen molar-refractivity contribution in [3.05, 3.63) is 0 Å². The average molecular weight is 350 g/mol. The van der Waals surface area contributed by atoms with Crippen LogP contribution in [0.5, 0.6) is 0 Å². The molecule has 0 aromatic carbocycles. The van der Waals surface area contributed by atoms with Crippen LogP contribution in [0.3, 0.4) is 0 Å². The molecule has 6 N–H and O–H groups in total. The third kappa shape index (κ3) is 2.81. The first-order chi connectivity index (χ1) is 10.4. The molecule has 0 saturated carbocycles. The Morgan fingerprint density at radius 1 is 0.833 bits per heavy atom. The van der Waals surface area contributed by atoms with E-state index in [0.717, 1.165) is 20.8 Å². The number of hydrogen-bond acceptors (Lipinski definition) is 9. The van der Waals surface area contributed by atoms with Gasteiger partial charge in [0.1, 0.15) is 11.7 Å². The molecule has 0 radical (unpaired) electrons. The second-order valence-electron chi connectivity index (χ2n) is 6.45. The van der Waals surface area contributed by atoms with Crippen molar-refractivity contribution in [2.45, 2.75) is 76.2 Å². The van der Waals surface area contributed by atoms with Crippen molar-refractivity contribution in [1.82, 2.24) is 0 Å². The number of aliphatic hydroxyl groups is 6. The number of aliphatic hydroxyl groups excluding tert-OH is 2. The second kappa shape index (κ2) is 6.58. The van der Waals surface area contributed by atoms with E-state index in [1.807, 2.05) is 0 Å². The first kappa shape index (κ1) is 22.8. The minimum Gasteiger partial charge on any atom is -0.390 e. The third-order valence-electron chi connectivity index (χ3n) is 4.66. The van der Waals surface area contributed by atoms with Gasteiger partial charge in [-0.2, -0.15) is 0 Å². The molecule has 0 aliphatic carbocycles. The Bertz CT molecular complexity index is 535. The van der Waals surface area contributed by atoms with E-state index in [1.165, 1.54) is 0 Å². The molecule has 0 spiro atoms. The predicted molar refractivity (Wildman–Crippen MR) is 80.9 cm³/mol. The molecule has 24 heavy (non-hydrogen) atoms. The lowest BCUT2D eigenvalue weighted by molar-refractivity contribution is -0.280. The summed E-state index contributed by atoms with van der Waals surface area (Å²) < 4.78 is 0. The number of Topliss-reactive ketones (excluding diaryl/α,β-unsaturated/α-hetero) is 3. The second-order valence-corrected chi connectivity index (χ2v) is 6.45. The fraction of sp³-hybridized carbons (Fsp3) is 0.800. The van der Waals surface area contributed by atoms with Gasteiger partial charge in [0.15, 0.2) is 34.2 Å². The van der Waals surface area contributed by atoms with Crippen LogP contribution in [-0.4, -0.2) is 82.6 Å². The topological polar surface area (TPSA) is 173 Å². The minimum absolute atomic E-state index is 0.631. The highest BCUT2D eigenvalue weighted by Gasteiger charge is 2.73. The zero-order chi connectivity index (χ0) is 19.9. The molecule has 6 atom stereocenters. The largest absolute Gasteiger partial charge is 0.390 e. The SMILES string of the molecule is CC(=O)[C@](O)([C@](C)(O)[C@@](O)(C(C)=O)C(C)O)[C@@](C)(O)C(=O)C(C)O. The Labute approximate surface area is 139 Å². The van der Waals surface area contributed by atoms with Gasteiger partial charge in [0, 0.05) is 0 Å². The molecule has 0 amide bonds. The summed E-state index contributed by atoms with van der Waals surface area (Å²) in [6.07, 6.45) is -3.81. The average Bonchev–Trinajstić information content (AvgIpc) is 2.42. The summed E-state index contributed by atoms with van der Waals surface area (Å²) in [6, 6.07) is 0.